The second-order valence-corrected chi connectivity index (χ2v) is 22.4. The molecule has 0 spiro atoms. The van der Waals surface area contributed by atoms with Crippen LogP contribution in [0.5, 0.6) is 0 Å². The number of hydrogen-bond acceptors (Lipinski definition) is 26. The molecule has 104 heavy (non-hydrogen) atoms. The van der Waals surface area contributed by atoms with Gasteiger partial charge in [-0.25, -0.2) is 56.1 Å². The SMILES string of the molecule is COC(=O)c1c(C)c[n+](O)cc1F.COC(=O)c1c(C)c[n+](O)cc1N.COC(=O)c1c(C)cncc1F.COC(=O)c1c(C)cncc1N.COC(=O)c1c(F)cncc1Br.Cc1cncc(N)c1C(=O)O.Cc1cncc2nc[nH]c(=O)c12.Fc1cncc(Br)c1.O=C(O)c1c(F)cncc1Br. The lowest BCUT2D eigenvalue weighted by Crippen LogP contribution is -2.31. The normalized spacial score (nSPS) is 9.68. The molecule has 0 bridgehead atoms. The highest BCUT2D eigenvalue weighted by molar-refractivity contribution is 9.11. The van der Waals surface area contributed by atoms with E-state index in [-0.39, 0.29) is 65.1 Å². The maximum absolute atomic E-state index is 13.1. The number of nitrogens with zero attached hydrogens (tertiary/aromatic N) is 10. The standard InChI is InChI=1S/C8H9FNO3.C8H8FNO2.C8H7N3O.C8H10N2O3.C8H10N2O2.C7H5BrFNO2.C7H8N2O2.C6H3BrFNO2.C5H3BrFN/c1-5-3-10(12)4-6(9)7(5)8(11)13-2;1-5-3-10-4-6(9)7(5)8(11)12-2;1-5-2-9-3-6-7(5)8(12)11-4-10-6;1-5-3-10(12)4-6(9)7(5)8(11)13-2;1-5-3-10-4-6(9)7(5)8(11)12-2;1-12-7(11)6-4(8)2-10-3-5(6)9;1-4-2-9-3-5(8)6(4)7(10)11;7-3-1-9-2-4(8)5(3)6(10)11;6-4-1-5(7)3-8-2-4/h3-4,12H,1-2H3;3-4H,1-2H3;2-4H,1H3,(H,10,11,12);3-4H,1-2H3,(H2-,9,11,12);3-4H,9H2,1-2H3;2-3H,1H3;2-3H,8H2,1H3,(H,10,11);1-2H,(H,10,11);1-3H/q+1;;;;;;;;/p+1. The van der Waals surface area contributed by atoms with E-state index in [0.29, 0.717) is 53.6 Å². The summed E-state index contributed by atoms with van der Waals surface area (Å²) in [4.78, 5) is 119. The van der Waals surface area contributed by atoms with Crippen LogP contribution in [-0.2, 0) is 23.7 Å². The Bertz CT molecular complexity index is 4310. The van der Waals surface area contributed by atoms with Crippen molar-refractivity contribution in [3.05, 3.63) is 249 Å². The summed E-state index contributed by atoms with van der Waals surface area (Å²) in [7, 11) is 6.17. The van der Waals surface area contributed by atoms with Crippen LogP contribution in [0.25, 0.3) is 10.9 Å². The Morgan fingerprint density at radius 2 is 0.769 bits per heavy atom. The zero-order chi connectivity index (χ0) is 78.8. The van der Waals surface area contributed by atoms with Gasteiger partial charge in [0, 0.05) is 68.4 Å². The zero-order valence-electron chi connectivity index (χ0n) is 56.4. The topological polar surface area (TPSA) is 468 Å². The van der Waals surface area contributed by atoms with Gasteiger partial charge in [0.05, 0.1) is 133 Å². The molecular weight excluding hydrogens is 1580 g/mol. The quantitative estimate of drug-likeness (QED) is 0.0242. The van der Waals surface area contributed by atoms with E-state index in [1.165, 1.54) is 117 Å². The maximum Gasteiger partial charge on any atom is 0.342 e. The number of nitrogen functional groups attached to an aromatic ring is 3. The van der Waals surface area contributed by atoms with E-state index in [4.69, 9.17) is 37.8 Å². The number of anilines is 3. The van der Waals surface area contributed by atoms with Gasteiger partial charge < -0.3 is 56.1 Å². The molecule has 10 heterocycles. The van der Waals surface area contributed by atoms with Gasteiger partial charge in [-0.05, 0) is 118 Å². The van der Waals surface area contributed by atoms with Crippen molar-refractivity contribution in [2.45, 2.75) is 41.5 Å². The number of aromatic nitrogens is 11. The van der Waals surface area contributed by atoms with E-state index in [2.05, 4.69) is 116 Å². The van der Waals surface area contributed by atoms with Gasteiger partial charge in [0.25, 0.3) is 11.8 Å². The van der Waals surface area contributed by atoms with Crippen LogP contribution in [0.15, 0.2) is 142 Å². The molecule has 0 aliphatic rings. The van der Waals surface area contributed by atoms with Crippen molar-refractivity contribution in [1.29, 1.82) is 0 Å². The van der Waals surface area contributed by atoms with Crippen molar-refractivity contribution >= 4 is 118 Å². The van der Waals surface area contributed by atoms with Crippen LogP contribution >= 0.6 is 47.8 Å². The molecule has 550 valence electrons. The first kappa shape index (κ1) is 88.0. The van der Waals surface area contributed by atoms with Crippen molar-refractivity contribution in [1.82, 2.24) is 44.9 Å². The summed E-state index contributed by atoms with van der Waals surface area (Å²) in [5.41, 5.74) is 21.3. The number of H-pyrrole nitrogens is 1. The lowest BCUT2D eigenvalue weighted by Gasteiger charge is -2.04. The van der Waals surface area contributed by atoms with Crippen LogP contribution in [0.2, 0.25) is 0 Å². The molecule has 10 rings (SSSR count). The largest absolute Gasteiger partial charge is 0.478 e. The van der Waals surface area contributed by atoms with Crippen molar-refractivity contribution in [3.63, 3.8) is 0 Å². The highest BCUT2D eigenvalue weighted by atomic mass is 79.9. The summed E-state index contributed by atoms with van der Waals surface area (Å²) in [6.45, 7) is 10.0. The number of nitrogens with one attached hydrogen (secondary N) is 1. The summed E-state index contributed by atoms with van der Waals surface area (Å²) in [6.07, 6.45) is 24.5. The molecule has 0 saturated heterocycles. The Labute approximate surface area is 611 Å². The molecule has 10 aromatic heterocycles. The lowest BCUT2D eigenvalue weighted by molar-refractivity contribution is -0.905. The van der Waals surface area contributed by atoms with E-state index in [0.717, 1.165) is 46.8 Å². The minimum Gasteiger partial charge on any atom is -0.478 e. The third-order valence-electron chi connectivity index (χ3n) is 12.4. The number of aromatic amines is 1. The lowest BCUT2D eigenvalue weighted by atomic mass is 10.1. The van der Waals surface area contributed by atoms with Gasteiger partial charge in [0.2, 0.25) is 24.4 Å². The zero-order valence-corrected chi connectivity index (χ0v) is 61.1. The Kier molecular flexibility index (Phi) is 36.8. The minimum atomic E-state index is -1.31. The molecule has 0 radical (unpaired) electrons. The van der Waals surface area contributed by atoms with Gasteiger partial charge in [-0.2, -0.15) is 4.39 Å². The summed E-state index contributed by atoms with van der Waals surface area (Å²) in [6, 6.07) is 1.35. The van der Waals surface area contributed by atoms with Gasteiger partial charge in [0.15, 0.2) is 17.5 Å². The first-order valence-corrected chi connectivity index (χ1v) is 30.7. The molecule has 11 N–H and O–H groups in total. The van der Waals surface area contributed by atoms with Crippen molar-refractivity contribution in [2.75, 3.05) is 52.7 Å². The van der Waals surface area contributed by atoms with Crippen molar-refractivity contribution < 1.29 is 109 Å². The minimum absolute atomic E-state index is 0.0486. The number of pyridine rings is 9. The molecule has 0 aliphatic heterocycles. The van der Waals surface area contributed by atoms with E-state index in [1.807, 2.05) is 6.92 Å². The number of nitrogens with two attached hydrogens (primary N) is 3. The van der Waals surface area contributed by atoms with Crippen LogP contribution in [0.1, 0.15) is 106 Å². The van der Waals surface area contributed by atoms with Crippen molar-refractivity contribution in [3.8, 4) is 0 Å². The number of carbonyl (C=O) groups is 7. The van der Waals surface area contributed by atoms with Gasteiger partial charge >= 0.3 is 41.8 Å². The number of ether oxygens (including phenoxy) is 5. The molecule has 0 aromatic carbocycles. The fraction of sp³-hybridized carbons (Fsp3) is 0.169. The third kappa shape index (κ3) is 27.1. The fourth-order valence-corrected chi connectivity index (χ4v) is 9.05. The molecule has 10 aromatic rings. The van der Waals surface area contributed by atoms with Crippen LogP contribution < -0.4 is 32.2 Å². The van der Waals surface area contributed by atoms with Gasteiger partial charge in [-0.3, -0.25) is 50.1 Å². The molecule has 31 nitrogen and oxygen atoms in total. The van der Waals surface area contributed by atoms with Crippen LogP contribution in [-0.4, -0.2) is 143 Å². The van der Waals surface area contributed by atoms with Crippen LogP contribution in [0, 0.1) is 70.6 Å². The molecular formula is C65H64Br3F5N14O17+2. The first-order chi connectivity index (χ1) is 48.9. The Morgan fingerprint density at radius 3 is 1.14 bits per heavy atom. The number of halogens is 8. The molecule has 39 heteroatoms. The number of fused-ring (bicyclic) bond motifs is 1. The number of aryl methyl sites for hydroxylation is 6. The van der Waals surface area contributed by atoms with Crippen molar-refractivity contribution in [2.24, 2.45) is 0 Å². The molecule has 0 atom stereocenters. The summed E-state index contributed by atoms with van der Waals surface area (Å²) in [5.74, 6) is -8.72. The average molecular weight is 1650 g/mol. The number of hydrogen-bond donors (Lipinski definition) is 8. The Morgan fingerprint density at radius 1 is 0.413 bits per heavy atom. The van der Waals surface area contributed by atoms with E-state index >= 15 is 0 Å². The highest BCUT2D eigenvalue weighted by Crippen LogP contribution is 2.21. The summed E-state index contributed by atoms with van der Waals surface area (Å²) < 4.78 is 88.2. The smallest absolute Gasteiger partial charge is 0.342 e. The number of esters is 5. The van der Waals surface area contributed by atoms with Gasteiger partial charge in [0.1, 0.15) is 33.8 Å². The molecule has 0 amide bonds. The van der Waals surface area contributed by atoms with Crippen LogP contribution in [0.3, 0.4) is 0 Å². The second kappa shape index (κ2) is 43.5. The number of methoxy groups -OCH3 is 5. The Balaban J connectivity index is 0.000000398. The van der Waals surface area contributed by atoms with E-state index in [9.17, 15) is 60.3 Å². The van der Waals surface area contributed by atoms with E-state index < -0.39 is 65.1 Å². The van der Waals surface area contributed by atoms with Gasteiger partial charge in [-0.1, -0.05) is 0 Å². The monoisotopic (exact) mass is 1640 g/mol. The van der Waals surface area contributed by atoms with E-state index in [1.54, 1.807) is 46.3 Å². The predicted octanol–water partition coefficient (Wildman–Crippen LogP) is 9.14. The predicted molar refractivity (Wildman–Crippen MR) is 368 cm³/mol. The van der Waals surface area contributed by atoms with Gasteiger partial charge in [-0.15, -0.1) is 0 Å². The highest BCUT2D eigenvalue weighted by Gasteiger charge is 2.22. The number of carboxylic acid groups (broad SMARTS) is 2. The molecule has 0 fully saturated rings. The Hall–Kier alpha value is -12.1. The first-order valence-electron chi connectivity index (χ1n) is 28.4. The number of rotatable bonds is 7. The molecule has 0 aliphatic carbocycles. The summed E-state index contributed by atoms with van der Waals surface area (Å²) in [5, 5.41) is 35.7. The van der Waals surface area contributed by atoms with Crippen LogP contribution in [0.4, 0.5) is 39.0 Å². The summed E-state index contributed by atoms with van der Waals surface area (Å²) >= 11 is 8.91. The second-order valence-electron chi connectivity index (χ2n) is 19.8. The average Bonchev–Trinajstić information content (AvgIpc) is 0.937. The third-order valence-corrected chi connectivity index (χ3v) is 14.0. The molecule has 0 unspecified atom stereocenters. The number of carbonyl (C=O) groups excluding carboxylic acids is 5. The molecule has 0 saturated carbocycles. The maximum atomic E-state index is 13.1. The fourth-order valence-electron chi connectivity index (χ4n) is 7.77. The number of carboxylic acids is 2. The number of aromatic carboxylic acids is 2.